The molecule has 0 aliphatic heterocycles. The summed E-state index contributed by atoms with van der Waals surface area (Å²) in [5, 5.41) is 2.85. The van der Waals surface area contributed by atoms with Gasteiger partial charge in [0.1, 0.15) is 5.01 Å². The SMILES string of the molecule is CC(C)(c1ccc(N)cc1)c1nc(CC(N)=O)cs1. The van der Waals surface area contributed by atoms with Crippen molar-refractivity contribution in [3.63, 3.8) is 0 Å². The van der Waals surface area contributed by atoms with Crippen molar-refractivity contribution in [2.24, 2.45) is 5.73 Å². The Morgan fingerprint density at radius 3 is 2.53 bits per heavy atom. The highest BCUT2D eigenvalue weighted by molar-refractivity contribution is 7.09. The fraction of sp³-hybridized carbons (Fsp3) is 0.286. The van der Waals surface area contributed by atoms with Gasteiger partial charge in [0.25, 0.3) is 0 Å². The number of nitrogens with two attached hydrogens (primary N) is 2. The van der Waals surface area contributed by atoms with Crippen LogP contribution in [0.1, 0.15) is 30.1 Å². The molecule has 0 aliphatic carbocycles. The molecule has 0 fully saturated rings. The van der Waals surface area contributed by atoms with Crippen LogP contribution in [0.2, 0.25) is 0 Å². The maximum Gasteiger partial charge on any atom is 0.223 e. The van der Waals surface area contributed by atoms with Crippen LogP contribution in [0.5, 0.6) is 0 Å². The number of anilines is 1. The number of hydrogen-bond acceptors (Lipinski definition) is 4. The average molecular weight is 275 g/mol. The van der Waals surface area contributed by atoms with E-state index in [2.05, 4.69) is 18.8 Å². The smallest absolute Gasteiger partial charge is 0.223 e. The molecular formula is C14H17N3OS. The third-order valence-corrected chi connectivity index (χ3v) is 4.29. The van der Waals surface area contributed by atoms with Crippen LogP contribution in [0, 0.1) is 0 Å². The van der Waals surface area contributed by atoms with E-state index in [9.17, 15) is 4.79 Å². The molecular weight excluding hydrogens is 258 g/mol. The summed E-state index contributed by atoms with van der Waals surface area (Å²) < 4.78 is 0. The van der Waals surface area contributed by atoms with E-state index in [0.717, 1.165) is 22.0 Å². The van der Waals surface area contributed by atoms with E-state index < -0.39 is 0 Å². The Balaban J connectivity index is 2.30. The number of primary amides is 1. The normalized spacial score (nSPS) is 11.5. The van der Waals surface area contributed by atoms with Gasteiger partial charge in [-0.2, -0.15) is 0 Å². The fourth-order valence-corrected chi connectivity index (χ4v) is 2.84. The number of carbonyl (C=O) groups is 1. The van der Waals surface area contributed by atoms with Crippen molar-refractivity contribution >= 4 is 22.9 Å². The molecule has 4 nitrogen and oxygen atoms in total. The van der Waals surface area contributed by atoms with Gasteiger partial charge >= 0.3 is 0 Å². The van der Waals surface area contributed by atoms with Crippen LogP contribution in [0.3, 0.4) is 0 Å². The lowest BCUT2D eigenvalue weighted by Gasteiger charge is -2.22. The molecule has 0 saturated heterocycles. The second-order valence-corrected chi connectivity index (χ2v) is 5.89. The van der Waals surface area contributed by atoms with Gasteiger partial charge in [-0.25, -0.2) is 4.98 Å². The zero-order valence-electron chi connectivity index (χ0n) is 11.0. The number of nitrogens with zero attached hydrogens (tertiary/aromatic N) is 1. The van der Waals surface area contributed by atoms with Gasteiger partial charge in [-0.1, -0.05) is 12.1 Å². The molecule has 0 atom stereocenters. The number of thiazole rings is 1. The van der Waals surface area contributed by atoms with Gasteiger partial charge in [0.05, 0.1) is 12.1 Å². The minimum Gasteiger partial charge on any atom is -0.399 e. The second kappa shape index (κ2) is 5.01. The van der Waals surface area contributed by atoms with Gasteiger partial charge in [0, 0.05) is 16.5 Å². The van der Waals surface area contributed by atoms with Crippen LogP contribution in [0.15, 0.2) is 29.6 Å². The lowest BCUT2D eigenvalue weighted by Crippen LogP contribution is -2.19. The summed E-state index contributed by atoms with van der Waals surface area (Å²) in [4.78, 5) is 15.4. The maximum atomic E-state index is 10.9. The first-order chi connectivity index (χ1) is 8.89. The van der Waals surface area contributed by atoms with Crippen molar-refractivity contribution < 1.29 is 4.79 Å². The Morgan fingerprint density at radius 1 is 1.32 bits per heavy atom. The van der Waals surface area contributed by atoms with Crippen molar-refractivity contribution in [3.8, 4) is 0 Å². The van der Waals surface area contributed by atoms with Crippen LogP contribution < -0.4 is 11.5 Å². The number of nitrogen functional groups attached to an aromatic ring is 1. The van der Waals surface area contributed by atoms with Crippen LogP contribution in [0.25, 0.3) is 0 Å². The predicted molar refractivity (Wildman–Crippen MR) is 78.0 cm³/mol. The molecule has 0 bridgehead atoms. The molecule has 0 unspecified atom stereocenters. The molecule has 1 aromatic carbocycles. The largest absolute Gasteiger partial charge is 0.399 e. The van der Waals surface area contributed by atoms with E-state index >= 15 is 0 Å². The van der Waals surface area contributed by atoms with Crippen LogP contribution in [-0.2, 0) is 16.6 Å². The summed E-state index contributed by atoms with van der Waals surface area (Å²) in [7, 11) is 0. The Hall–Kier alpha value is -1.88. The van der Waals surface area contributed by atoms with Gasteiger partial charge in [0.2, 0.25) is 5.91 Å². The fourth-order valence-electron chi connectivity index (χ4n) is 1.88. The topological polar surface area (TPSA) is 82.0 Å². The lowest BCUT2D eigenvalue weighted by atomic mass is 9.85. The van der Waals surface area contributed by atoms with Gasteiger partial charge < -0.3 is 11.5 Å². The first-order valence-electron chi connectivity index (χ1n) is 5.99. The van der Waals surface area contributed by atoms with E-state index in [1.807, 2.05) is 29.6 Å². The molecule has 19 heavy (non-hydrogen) atoms. The van der Waals surface area contributed by atoms with Crippen LogP contribution in [0.4, 0.5) is 5.69 Å². The Kier molecular flexibility index (Phi) is 3.57. The minimum absolute atomic E-state index is 0.189. The van der Waals surface area contributed by atoms with Crippen molar-refractivity contribution in [1.29, 1.82) is 0 Å². The molecule has 5 heteroatoms. The minimum atomic E-state index is -0.359. The molecule has 2 aromatic rings. The van der Waals surface area contributed by atoms with Crippen LogP contribution in [-0.4, -0.2) is 10.9 Å². The quantitative estimate of drug-likeness (QED) is 0.838. The monoisotopic (exact) mass is 275 g/mol. The van der Waals surface area contributed by atoms with E-state index in [1.54, 1.807) is 11.3 Å². The number of rotatable bonds is 4. The standard InChI is InChI=1S/C14H17N3OS/c1-14(2,9-3-5-10(15)6-4-9)13-17-11(8-19-13)7-12(16)18/h3-6,8H,7,15H2,1-2H3,(H2,16,18). The molecule has 0 aliphatic rings. The molecule has 4 N–H and O–H groups in total. The zero-order chi connectivity index (χ0) is 14.0. The molecule has 0 spiro atoms. The first-order valence-corrected chi connectivity index (χ1v) is 6.87. The number of aromatic nitrogens is 1. The van der Waals surface area contributed by atoms with E-state index in [-0.39, 0.29) is 17.7 Å². The van der Waals surface area contributed by atoms with Gasteiger partial charge in [-0.15, -0.1) is 11.3 Å². The molecule has 0 radical (unpaired) electrons. The highest BCUT2D eigenvalue weighted by atomic mass is 32.1. The van der Waals surface area contributed by atoms with Crippen molar-refractivity contribution in [1.82, 2.24) is 4.98 Å². The van der Waals surface area contributed by atoms with Crippen LogP contribution >= 0.6 is 11.3 Å². The summed E-state index contributed by atoms with van der Waals surface area (Å²) >= 11 is 1.55. The molecule has 1 aromatic heterocycles. The van der Waals surface area contributed by atoms with E-state index in [0.29, 0.717) is 0 Å². The highest BCUT2D eigenvalue weighted by Crippen LogP contribution is 2.33. The zero-order valence-corrected chi connectivity index (χ0v) is 11.8. The number of hydrogen-bond donors (Lipinski definition) is 2. The highest BCUT2D eigenvalue weighted by Gasteiger charge is 2.26. The van der Waals surface area contributed by atoms with Gasteiger partial charge in [-0.05, 0) is 31.5 Å². The Morgan fingerprint density at radius 2 is 1.95 bits per heavy atom. The van der Waals surface area contributed by atoms with E-state index in [4.69, 9.17) is 11.5 Å². The molecule has 1 amide bonds. The van der Waals surface area contributed by atoms with Gasteiger partial charge in [-0.3, -0.25) is 4.79 Å². The van der Waals surface area contributed by atoms with Crippen molar-refractivity contribution in [3.05, 3.63) is 45.9 Å². The molecule has 1 heterocycles. The summed E-state index contributed by atoms with van der Waals surface area (Å²) in [5.41, 5.74) is 13.3. The maximum absolute atomic E-state index is 10.9. The van der Waals surface area contributed by atoms with Crippen molar-refractivity contribution in [2.45, 2.75) is 25.7 Å². The lowest BCUT2D eigenvalue weighted by molar-refractivity contribution is -0.117. The second-order valence-electron chi connectivity index (χ2n) is 5.03. The molecule has 2 rings (SSSR count). The predicted octanol–water partition coefficient (Wildman–Crippen LogP) is 2.08. The summed E-state index contributed by atoms with van der Waals surface area (Å²) in [6.45, 7) is 4.21. The molecule has 100 valence electrons. The summed E-state index contributed by atoms with van der Waals surface area (Å²) in [6, 6.07) is 7.78. The summed E-state index contributed by atoms with van der Waals surface area (Å²) in [6.07, 6.45) is 0.189. The summed E-state index contributed by atoms with van der Waals surface area (Å²) in [5.74, 6) is -0.359. The third kappa shape index (κ3) is 2.93. The first kappa shape index (κ1) is 13.5. The Labute approximate surface area is 116 Å². The average Bonchev–Trinajstić information content (AvgIpc) is 2.78. The number of benzene rings is 1. The van der Waals surface area contributed by atoms with Gasteiger partial charge in [0.15, 0.2) is 0 Å². The van der Waals surface area contributed by atoms with Crippen molar-refractivity contribution in [2.75, 3.05) is 5.73 Å². The Bertz CT molecular complexity index is 587. The number of carbonyl (C=O) groups excluding carboxylic acids is 1. The molecule has 0 saturated carbocycles. The third-order valence-electron chi connectivity index (χ3n) is 3.07. The van der Waals surface area contributed by atoms with E-state index in [1.165, 1.54) is 0 Å². The number of amides is 1.